The van der Waals surface area contributed by atoms with Crippen LogP contribution >= 0.6 is 0 Å². The van der Waals surface area contributed by atoms with Crippen molar-refractivity contribution < 1.29 is 18.0 Å². The molecule has 1 aliphatic heterocycles. The number of hydrogen-bond donors (Lipinski definition) is 1. The molecule has 23 heavy (non-hydrogen) atoms. The summed E-state index contributed by atoms with van der Waals surface area (Å²) in [5.41, 5.74) is 0. The Labute approximate surface area is 139 Å². The van der Waals surface area contributed by atoms with Crippen molar-refractivity contribution in [1.29, 1.82) is 0 Å². The van der Waals surface area contributed by atoms with Crippen LogP contribution < -0.4 is 5.32 Å². The maximum Gasteiger partial charge on any atom is 0.223 e. The summed E-state index contributed by atoms with van der Waals surface area (Å²) < 4.78 is 23.7. The molecule has 7 heteroatoms. The molecule has 1 N–H and O–H groups in total. The first-order valence-electron chi connectivity index (χ1n) is 8.53. The van der Waals surface area contributed by atoms with Crippen LogP contribution in [0.15, 0.2) is 0 Å². The van der Waals surface area contributed by atoms with Crippen LogP contribution in [0.3, 0.4) is 0 Å². The van der Waals surface area contributed by atoms with Crippen molar-refractivity contribution in [1.82, 2.24) is 10.2 Å². The Kier molecular flexibility index (Phi) is 8.02. The van der Waals surface area contributed by atoms with Crippen molar-refractivity contribution in [2.45, 2.75) is 58.4 Å². The summed E-state index contributed by atoms with van der Waals surface area (Å²) in [6.45, 7) is 4.41. The number of unbranched alkanes of at least 4 members (excludes halogenated alkanes) is 1. The van der Waals surface area contributed by atoms with E-state index in [-0.39, 0.29) is 36.3 Å². The first kappa shape index (κ1) is 19.9. The third-order valence-electron chi connectivity index (χ3n) is 4.56. The zero-order valence-corrected chi connectivity index (χ0v) is 15.3. The summed E-state index contributed by atoms with van der Waals surface area (Å²) in [7, 11) is -1.66. The second-order valence-electron chi connectivity index (χ2n) is 6.35. The van der Waals surface area contributed by atoms with Crippen LogP contribution in [0, 0.1) is 5.92 Å². The molecule has 2 atom stereocenters. The fraction of sp³-hybridized carbons (Fsp3) is 0.875. The van der Waals surface area contributed by atoms with Gasteiger partial charge in [0.05, 0.1) is 17.5 Å². The first-order valence-corrected chi connectivity index (χ1v) is 10.4. The van der Waals surface area contributed by atoms with Crippen LogP contribution in [-0.2, 0) is 19.4 Å². The number of carbonyl (C=O) groups excluding carboxylic acids is 2. The van der Waals surface area contributed by atoms with E-state index in [1.165, 1.54) is 7.05 Å². The second kappa shape index (κ2) is 9.25. The van der Waals surface area contributed by atoms with Gasteiger partial charge in [0.2, 0.25) is 11.8 Å². The first-order chi connectivity index (χ1) is 10.8. The van der Waals surface area contributed by atoms with Gasteiger partial charge in [-0.15, -0.1) is 0 Å². The minimum Gasteiger partial charge on any atom is -0.359 e. The molecule has 2 unspecified atom stereocenters. The van der Waals surface area contributed by atoms with Gasteiger partial charge >= 0.3 is 0 Å². The van der Waals surface area contributed by atoms with Crippen molar-refractivity contribution >= 4 is 21.7 Å². The van der Waals surface area contributed by atoms with Gasteiger partial charge in [-0.1, -0.05) is 33.1 Å². The molecule has 134 valence electrons. The molecule has 1 aliphatic rings. The van der Waals surface area contributed by atoms with E-state index < -0.39 is 15.9 Å². The summed E-state index contributed by atoms with van der Waals surface area (Å²) >= 11 is 0. The van der Waals surface area contributed by atoms with Crippen LogP contribution in [0.4, 0.5) is 0 Å². The highest BCUT2D eigenvalue weighted by Gasteiger charge is 2.35. The SMILES string of the molecule is CCCCC(CC)CC(=O)N1CCS(=O)(=O)CC1CC(=O)NC. The van der Waals surface area contributed by atoms with Gasteiger partial charge < -0.3 is 10.2 Å². The van der Waals surface area contributed by atoms with E-state index >= 15 is 0 Å². The Bertz CT molecular complexity index is 504. The largest absolute Gasteiger partial charge is 0.359 e. The smallest absolute Gasteiger partial charge is 0.223 e. The molecule has 1 rings (SSSR count). The molecule has 0 aromatic carbocycles. The van der Waals surface area contributed by atoms with E-state index in [1.807, 2.05) is 0 Å². The lowest BCUT2D eigenvalue weighted by molar-refractivity contribution is -0.135. The van der Waals surface area contributed by atoms with Gasteiger partial charge in [0.1, 0.15) is 0 Å². The highest BCUT2D eigenvalue weighted by Crippen LogP contribution is 2.22. The number of sulfone groups is 1. The summed E-state index contributed by atoms with van der Waals surface area (Å²) in [5, 5.41) is 2.51. The van der Waals surface area contributed by atoms with Crippen LogP contribution in [0.2, 0.25) is 0 Å². The van der Waals surface area contributed by atoms with Crippen molar-refractivity contribution in [3.63, 3.8) is 0 Å². The zero-order chi connectivity index (χ0) is 17.5. The van der Waals surface area contributed by atoms with E-state index in [4.69, 9.17) is 0 Å². The van der Waals surface area contributed by atoms with Crippen molar-refractivity contribution in [3.8, 4) is 0 Å². The Morgan fingerprint density at radius 2 is 2.00 bits per heavy atom. The highest BCUT2D eigenvalue weighted by atomic mass is 32.2. The Hall–Kier alpha value is -1.11. The molecule has 6 nitrogen and oxygen atoms in total. The third kappa shape index (κ3) is 6.49. The number of carbonyl (C=O) groups is 2. The minimum atomic E-state index is -3.17. The maximum absolute atomic E-state index is 12.6. The van der Waals surface area contributed by atoms with Gasteiger partial charge in [0.15, 0.2) is 9.84 Å². The van der Waals surface area contributed by atoms with Gasteiger partial charge in [-0.2, -0.15) is 0 Å². The van der Waals surface area contributed by atoms with Gasteiger partial charge in [0.25, 0.3) is 0 Å². The Morgan fingerprint density at radius 1 is 1.30 bits per heavy atom. The van der Waals surface area contributed by atoms with E-state index in [0.29, 0.717) is 12.3 Å². The number of nitrogens with zero attached hydrogens (tertiary/aromatic N) is 1. The van der Waals surface area contributed by atoms with Crippen molar-refractivity contribution in [2.24, 2.45) is 5.92 Å². The van der Waals surface area contributed by atoms with E-state index in [0.717, 1.165) is 25.7 Å². The molecule has 0 spiro atoms. The van der Waals surface area contributed by atoms with E-state index in [9.17, 15) is 18.0 Å². The lowest BCUT2D eigenvalue weighted by atomic mass is 9.95. The predicted molar refractivity (Wildman–Crippen MR) is 90.8 cm³/mol. The molecule has 1 heterocycles. The monoisotopic (exact) mass is 346 g/mol. The molecular weight excluding hydrogens is 316 g/mol. The lowest BCUT2D eigenvalue weighted by Crippen LogP contribution is -2.52. The number of amides is 2. The average Bonchev–Trinajstić information content (AvgIpc) is 2.50. The molecule has 0 aromatic heterocycles. The number of hydrogen-bond acceptors (Lipinski definition) is 4. The summed E-state index contributed by atoms with van der Waals surface area (Å²) in [6, 6.07) is -0.537. The molecule has 0 radical (unpaired) electrons. The topological polar surface area (TPSA) is 83.6 Å². The van der Waals surface area contributed by atoms with Crippen LogP contribution in [0.25, 0.3) is 0 Å². The van der Waals surface area contributed by atoms with Gasteiger partial charge in [-0.3, -0.25) is 9.59 Å². The molecule has 1 saturated heterocycles. The fourth-order valence-electron chi connectivity index (χ4n) is 3.01. The van der Waals surface area contributed by atoms with Crippen molar-refractivity contribution in [2.75, 3.05) is 25.1 Å². The molecule has 0 aromatic rings. The quantitative estimate of drug-likeness (QED) is 0.719. The van der Waals surface area contributed by atoms with Crippen molar-refractivity contribution in [3.05, 3.63) is 0 Å². The minimum absolute atomic E-state index is 0.00522. The molecule has 2 amide bonds. The maximum atomic E-state index is 12.6. The molecule has 0 aliphatic carbocycles. The fourth-order valence-corrected chi connectivity index (χ4v) is 4.53. The molecule has 0 bridgehead atoms. The third-order valence-corrected chi connectivity index (χ3v) is 6.25. The number of rotatable bonds is 8. The van der Waals surface area contributed by atoms with Crippen LogP contribution in [0.5, 0.6) is 0 Å². The van der Waals surface area contributed by atoms with Gasteiger partial charge in [-0.25, -0.2) is 8.42 Å². The molecule has 0 saturated carbocycles. The number of nitrogens with one attached hydrogen (secondary N) is 1. The lowest BCUT2D eigenvalue weighted by Gasteiger charge is -2.36. The highest BCUT2D eigenvalue weighted by molar-refractivity contribution is 7.91. The summed E-state index contributed by atoms with van der Waals surface area (Å²) in [6.07, 6.45) is 4.66. The van der Waals surface area contributed by atoms with Gasteiger partial charge in [-0.05, 0) is 12.3 Å². The Balaban J connectivity index is 2.75. The summed E-state index contributed by atoms with van der Waals surface area (Å²) in [5.74, 6) is -0.0339. The summed E-state index contributed by atoms with van der Waals surface area (Å²) in [4.78, 5) is 25.9. The van der Waals surface area contributed by atoms with Crippen LogP contribution in [0.1, 0.15) is 52.4 Å². The zero-order valence-electron chi connectivity index (χ0n) is 14.5. The molecule has 1 fully saturated rings. The van der Waals surface area contributed by atoms with E-state index in [2.05, 4.69) is 19.2 Å². The standard InChI is InChI=1S/C16H30N2O4S/c1-4-6-7-13(5-2)10-16(20)18-8-9-23(21,22)12-14(18)11-15(19)17-3/h13-14H,4-12H2,1-3H3,(H,17,19). The average molecular weight is 346 g/mol. The molecular formula is C16H30N2O4S. The predicted octanol–water partition coefficient (Wildman–Crippen LogP) is 1.35. The second-order valence-corrected chi connectivity index (χ2v) is 8.58. The van der Waals surface area contributed by atoms with Gasteiger partial charge in [0, 0.05) is 26.4 Å². The van der Waals surface area contributed by atoms with E-state index in [1.54, 1.807) is 4.90 Å². The Morgan fingerprint density at radius 3 is 2.57 bits per heavy atom. The normalized spacial score (nSPS) is 21.7. The van der Waals surface area contributed by atoms with Crippen LogP contribution in [-0.4, -0.2) is 56.3 Å².